The lowest BCUT2D eigenvalue weighted by atomic mass is 9.98. The molecule has 0 fully saturated rings. The molecule has 0 spiro atoms. The fourth-order valence-corrected chi connectivity index (χ4v) is 3.41. The molecule has 0 saturated heterocycles. The summed E-state index contributed by atoms with van der Waals surface area (Å²) in [6.07, 6.45) is 2.91. The molecule has 0 aliphatic carbocycles. The van der Waals surface area contributed by atoms with Crippen LogP contribution in [0.4, 0.5) is 0 Å². The van der Waals surface area contributed by atoms with Crippen LogP contribution < -0.4 is 14.2 Å². The fraction of sp³-hybridized carbons (Fsp3) is 0.160. The molecule has 0 bridgehead atoms. The minimum atomic E-state index is -0.407. The molecule has 0 heterocycles. The first kappa shape index (κ1) is 23.3. The van der Waals surface area contributed by atoms with Gasteiger partial charge >= 0.3 is 0 Å². The van der Waals surface area contributed by atoms with Crippen LogP contribution in [0.25, 0.3) is 6.08 Å². The molecule has 0 aliphatic rings. The van der Waals surface area contributed by atoms with Gasteiger partial charge < -0.3 is 34.6 Å². The first-order valence-electron chi connectivity index (χ1n) is 9.86. The van der Waals surface area contributed by atoms with Gasteiger partial charge in [0.1, 0.15) is 17.2 Å². The summed E-state index contributed by atoms with van der Waals surface area (Å²) in [6, 6.07) is 10.1. The quantitative estimate of drug-likeness (QED) is 0.229. The van der Waals surface area contributed by atoms with Crippen molar-refractivity contribution >= 4 is 11.9 Å². The lowest BCUT2D eigenvalue weighted by molar-refractivity contribution is 0.104. The van der Waals surface area contributed by atoms with Crippen LogP contribution >= 0.6 is 0 Å². The normalized spacial score (nSPS) is 10.9. The highest BCUT2D eigenvalue weighted by molar-refractivity contribution is 6.07. The number of ketones is 1. The second-order valence-electron chi connectivity index (χ2n) is 7.11. The van der Waals surface area contributed by atoms with Gasteiger partial charge in [-0.3, -0.25) is 4.79 Å². The summed E-state index contributed by atoms with van der Waals surface area (Å²) in [5, 5.41) is 39.8. The predicted molar refractivity (Wildman–Crippen MR) is 122 cm³/mol. The average molecular weight is 452 g/mol. The molecule has 3 aromatic carbocycles. The number of aromatic hydroxyl groups is 4. The number of hydrogen-bond acceptors (Lipinski definition) is 8. The molecule has 0 aromatic heterocycles. The van der Waals surface area contributed by atoms with E-state index in [9.17, 15) is 25.2 Å². The standard InChI is InChI=1S/C25H24O8/c1-31-23-9-5-15(12-22(23)30)18(26)8-6-16-20(28)13-24(32-2)17(25(16)33-3)10-14-4-7-19(27)21(29)11-14/h4-9,11-13,27-30H,10H2,1-3H3. The summed E-state index contributed by atoms with van der Waals surface area (Å²) < 4.78 is 15.9. The van der Waals surface area contributed by atoms with E-state index in [0.717, 1.165) is 0 Å². The van der Waals surface area contributed by atoms with E-state index in [1.165, 1.54) is 69.9 Å². The van der Waals surface area contributed by atoms with Crippen LogP contribution in [0.1, 0.15) is 27.0 Å². The number of methoxy groups -OCH3 is 3. The molecule has 8 nitrogen and oxygen atoms in total. The van der Waals surface area contributed by atoms with Crippen LogP contribution in [0.5, 0.6) is 40.2 Å². The second-order valence-corrected chi connectivity index (χ2v) is 7.11. The summed E-state index contributed by atoms with van der Waals surface area (Å²) >= 11 is 0. The monoisotopic (exact) mass is 452 g/mol. The summed E-state index contributed by atoms with van der Waals surface area (Å²) in [7, 11) is 4.28. The number of rotatable bonds is 8. The number of ether oxygens (including phenoxy) is 3. The van der Waals surface area contributed by atoms with E-state index in [4.69, 9.17) is 14.2 Å². The molecule has 0 saturated carbocycles. The maximum Gasteiger partial charge on any atom is 0.185 e. The zero-order valence-electron chi connectivity index (χ0n) is 18.3. The molecule has 0 aliphatic heterocycles. The Hall–Kier alpha value is -4.33. The first-order chi connectivity index (χ1) is 15.8. The Morgan fingerprint density at radius 1 is 0.788 bits per heavy atom. The van der Waals surface area contributed by atoms with E-state index in [0.29, 0.717) is 16.9 Å². The van der Waals surface area contributed by atoms with E-state index in [-0.39, 0.29) is 52.0 Å². The number of carbonyl (C=O) groups excluding carboxylic acids is 1. The third kappa shape index (κ3) is 4.95. The van der Waals surface area contributed by atoms with Gasteiger partial charge in [0.05, 0.1) is 26.9 Å². The number of benzene rings is 3. The van der Waals surface area contributed by atoms with Crippen molar-refractivity contribution in [2.75, 3.05) is 21.3 Å². The number of phenols is 4. The minimum absolute atomic E-state index is 0.164. The number of phenolic OH excluding ortho intramolecular Hbond substituents is 4. The van der Waals surface area contributed by atoms with Gasteiger partial charge in [-0.1, -0.05) is 6.07 Å². The topological polar surface area (TPSA) is 126 Å². The van der Waals surface area contributed by atoms with E-state index < -0.39 is 5.78 Å². The maximum atomic E-state index is 12.6. The Morgan fingerprint density at radius 3 is 2.12 bits per heavy atom. The molecular weight excluding hydrogens is 428 g/mol. The third-order valence-corrected chi connectivity index (χ3v) is 5.07. The average Bonchev–Trinajstić information content (AvgIpc) is 2.80. The van der Waals surface area contributed by atoms with Gasteiger partial charge in [-0.2, -0.15) is 0 Å². The van der Waals surface area contributed by atoms with Crippen LogP contribution in [-0.4, -0.2) is 47.5 Å². The van der Waals surface area contributed by atoms with Gasteiger partial charge in [0.15, 0.2) is 28.8 Å². The molecule has 0 radical (unpaired) electrons. The maximum absolute atomic E-state index is 12.6. The molecule has 8 heteroatoms. The van der Waals surface area contributed by atoms with Crippen molar-refractivity contribution in [2.24, 2.45) is 0 Å². The van der Waals surface area contributed by atoms with Crippen LogP contribution in [0, 0.1) is 0 Å². The van der Waals surface area contributed by atoms with Crippen molar-refractivity contribution in [1.82, 2.24) is 0 Å². The van der Waals surface area contributed by atoms with Crippen molar-refractivity contribution in [3.8, 4) is 40.2 Å². The Bertz CT molecular complexity index is 1210. The van der Waals surface area contributed by atoms with Gasteiger partial charge in [0.25, 0.3) is 0 Å². The molecule has 33 heavy (non-hydrogen) atoms. The lowest BCUT2D eigenvalue weighted by Gasteiger charge is -2.17. The highest BCUT2D eigenvalue weighted by Gasteiger charge is 2.19. The van der Waals surface area contributed by atoms with Crippen molar-refractivity contribution in [1.29, 1.82) is 0 Å². The van der Waals surface area contributed by atoms with E-state index in [1.807, 2.05) is 0 Å². The van der Waals surface area contributed by atoms with Gasteiger partial charge in [-0.25, -0.2) is 0 Å². The number of allylic oxidation sites excluding steroid dienone is 1. The molecule has 3 rings (SSSR count). The Balaban J connectivity index is 2.00. The Morgan fingerprint density at radius 2 is 1.52 bits per heavy atom. The highest BCUT2D eigenvalue weighted by atomic mass is 16.5. The van der Waals surface area contributed by atoms with E-state index in [2.05, 4.69) is 0 Å². The minimum Gasteiger partial charge on any atom is -0.507 e. The van der Waals surface area contributed by atoms with Crippen LogP contribution in [0.2, 0.25) is 0 Å². The molecular formula is C25H24O8. The summed E-state index contributed by atoms with van der Waals surface area (Å²) in [5.74, 6) is -0.372. The number of carbonyl (C=O) groups is 1. The SMILES string of the molecule is COc1ccc(C(=O)C=Cc2c(O)cc(OC)c(Cc3ccc(O)c(O)c3)c2OC)cc1O. The van der Waals surface area contributed by atoms with Crippen LogP contribution in [0.3, 0.4) is 0 Å². The van der Waals surface area contributed by atoms with Crippen LogP contribution in [0.15, 0.2) is 48.5 Å². The summed E-state index contributed by atoms with van der Waals surface area (Å²) in [5.41, 5.74) is 1.71. The first-order valence-corrected chi connectivity index (χ1v) is 9.86. The number of hydrogen-bond donors (Lipinski definition) is 4. The summed E-state index contributed by atoms with van der Waals surface area (Å²) in [6.45, 7) is 0. The molecule has 0 unspecified atom stereocenters. The Kier molecular flexibility index (Phi) is 6.97. The molecule has 4 N–H and O–H groups in total. The third-order valence-electron chi connectivity index (χ3n) is 5.07. The fourth-order valence-electron chi connectivity index (χ4n) is 3.41. The van der Waals surface area contributed by atoms with E-state index in [1.54, 1.807) is 6.07 Å². The smallest absolute Gasteiger partial charge is 0.185 e. The largest absolute Gasteiger partial charge is 0.507 e. The van der Waals surface area contributed by atoms with Gasteiger partial charge in [0.2, 0.25) is 0 Å². The highest BCUT2D eigenvalue weighted by Crippen LogP contribution is 2.41. The molecule has 3 aromatic rings. The van der Waals surface area contributed by atoms with Gasteiger partial charge in [-0.15, -0.1) is 0 Å². The second kappa shape index (κ2) is 9.86. The van der Waals surface area contributed by atoms with E-state index >= 15 is 0 Å². The van der Waals surface area contributed by atoms with Gasteiger partial charge in [0, 0.05) is 23.6 Å². The Labute approximate surface area is 190 Å². The zero-order chi connectivity index (χ0) is 24.1. The van der Waals surface area contributed by atoms with Crippen LogP contribution in [-0.2, 0) is 6.42 Å². The van der Waals surface area contributed by atoms with Crippen molar-refractivity contribution in [2.45, 2.75) is 6.42 Å². The molecule has 0 amide bonds. The molecule has 172 valence electrons. The predicted octanol–water partition coefficient (Wildman–Crippen LogP) is 4.02. The lowest BCUT2D eigenvalue weighted by Crippen LogP contribution is -2.01. The van der Waals surface area contributed by atoms with Crippen molar-refractivity contribution in [3.63, 3.8) is 0 Å². The van der Waals surface area contributed by atoms with Gasteiger partial charge in [-0.05, 0) is 48.0 Å². The molecule has 0 atom stereocenters. The van der Waals surface area contributed by atoms with Crippen molar-refractivity contribution in [3.05, 3.63) is 70.8 Å². The zero-order valence-corrected chi connectivity index (χ0v) is 18.3. The summed E-state index contributed by atoms with van der Waals surface area (Å²) in [4.78, 5) is 12.6. The van der Waals surface area contributed by atoms with Crippen molar-refractivity contribution < 1.29 is 39.4 Å².